The number of fused-ring (bicyclic) bond motifs is 1. The SMILES string of the molecule is CCC(C)NC(=O)/C(C#N)=C\NCC1COc2ccccc2O1. The smallest absolute Gasteiger partial charge is 0.263 e. The van der Waals surface area contributed by atoms with Crippen LogP contribution in [-0.2, 0) is 4.79 Å². The van der Waals surface area contributed by atoms with Crippen molar-refractivity contribution in [3.63, 3.8) is 0 Å². The van der Waals surface area contributed by atoms with Gasteiger partial charge in [0.2, 0.25) is 0 Å². The fourth-order valence-corrected chi connectivity index (χ4v) is 2.01. The number of benzene rings is 1. The van der Waals surface area contributed by atoms with Gasteiger partial charge in [-0.2, -0.15) is 5.26 Å². The first-order valence-electron chi connectivity index (χ1n) is 7.67. The maximum Gasteiger partial charge on any atom is 0.263 e. The van der Waals surface area contributed by atoms with Gasteiger partial charge >= 0.3 is 0 Å². The van der Waals surface area contributed by atoms with E-state index >= 15 is 0 Å². The molecule has 2 unspecified atom stereocenters. The van der Waals surface area contributed by atoms with Crippen molar-refractivity contribution in [2.75, 3.05) is 13.2 Å². The summed E-state index contributed by atoms with van der Waals surface area (Å²) in [6, 6.07) is 9.40. The van der Waals surface area contributed by atoms with Gasteiger partial charge in [0.25, 0.3) is 5.91 Å². The van der Waals surface area contributed by atoms with Gasteiger partial charge in [-0.1, -0.05) is 19.1 Å². The zero-order valence-electron chi connectivity index (χ0n) is 13.3. The number of hydrogen-bond acceptors (Lipinski definition) is 5. The van der Waals surface area contributed by atoms with Crippen LogP contribution >= 0.6 is 0 Å². The van der Waals surface area contributed by atoms with E-state index in [4.69, 9.17) is 14.7 Å². The number of carbonyl (C=O) groups is 1. The molecule has 0 saturated carbocycles. The molecule has 0 aromatic heterocycles. The summed E-state index contributed by atoms with van der Waals surface area (Å²) in [7, 11) is 0. The van der Waals surface area contributed by atoms with E-state index in [1.54, 1.807) is 0 Å². The molecule has 1 aliphatic heterocycles. The van der Waals surface area contributed by atoms with Gasteiger partial charge in [0.05, 0.1) is 6.54 Å². The van der Waals surface area contributed by atoms with E-state index in [1.807, 2.05) is 44.2 Å². The molecule has 1 aromatic rings. The summed E-state index contributed by atoms with van der Waals surface area (Å²) in [5, 5.41) is 14.8. The summed E-state index contributed by atoms with van der Waals surface area (Å²) in [5.74, 6) is 1.05. The van der Waals surface area contributed by atoms with E-state index in [1.165, 1.54) is 6.20 Å². The number of amides is 1. The molecule has 1 aromatic carbocycles. The van der Waals surface area contributed by atoms with Crippen LogP contribution in [0.4, 0.5) is 0 Å². The molecule has 0 fully saturated rings. The van der Waals surface area contributed by atoms with Gasteiger partial charge in [-0.15, -0.1) is 0 Å². The number of para-hydroxylation sites is 2. The predicted octanol–water partition coefficient (Wildman–Crippen LogP) is 1.74. The van der Waals surface area contributed by atoms with Crippen LogP contribution in [-0.4, -0.2) is 31.2 Å². The number of nitrogens with zero attached hydrogens (tertiary/aromatic N) is 1. The lowest BCUT2D eigenvalue weighted by molar-refractivity contribution is -0.117. The van der Waals surface area contributed by atoms with Gasteiger partial charge in [-0.05, 0) is 25.5 Å². The van der Waals surface area contributed by atoms with Gasteiger partial charge in [0, 0.05) is 12.2 Å². The van der Waals surface area contributed by atoms with Gasteiger partial charge in [-0.3, -0.25) is 4.79 Å². The maximum absolute atomic E-state index is 11.9. The molecule has 2 N–H and O–H groups in total. The highest BCUT2D eigenvalue weighted by Gasteiger charge is 2.20. The van der Waals surface area contributed by atoms with Crippen LogP contribution in [0.3, 0.4) is 0 Å². The largest absolute Gasteiger partial charge is 0.486 e. The molecule has 2 rings (SSSR count). The molecule has 122 valence electrons. The summed E-state index contributed by atoms with van der Waals surface area (Å²) in [4.78, 5) is 11.9. The molecule has 0 aliphatic carbocycles. The quantitative estimate of drug-likeness (QED) is 0.617. The van der Waals surface area contributed by atoms with Gasteiger partial charge in [0.1, 0.15) is 24.4 Å². The molecule has 2 atom stereocenters. The minimum atomic E-state index is -0.375. The molecule has 6 nitrogen and oxygen atoms in total. The van der Waals surface area contributed by atoms with Crippen molar-refractivity contribution in [1.29, 1.82) is 5.26 Å². The van der Waals surface area contributed by atoms with Crippen LogP contribution in [0.2, 0.25) is 0 Å². The Morgan fingerprint density at radius 2 is 2.22 bits per heavy atom. The Labute approximate surface area is 136 Å². The van der Waals surface area contributed by atoms with Crippen molar-refractivity contribution in [2.45, 2.75) is 32.4 Å². The Hall–Kier alpha value is -2.68. The zero-order valence-corrected chi connectivity index (χ0v) is 13.3. The Kier molecular flexibility index (Phi) is 5.87. The molecule has 23 heavy (non-hydrogen) atoms. The van der Waals surface area contributed by atoms with E-state index in [0.29, 0.717) is 18.9 Å². The third-order valence-corrected chi connectivity index (χ3v) is 3.51. The van der Waals surface area contributed by atoms with Crippen LogP contribution in [0, 0.1) is 11.3 Å². The molecule has 0 radical (unpaired) electrons. The first-order valence-corrected chi connectivity index (χ1v) is 7.67. The van der Waals surface area contributed by atoms with Crippen molar-refractivity contribution in [2.24, 2.45) is 0 Å². The van der Waals surface area contributed by atoms with Crippen LogP contribution in [0.5, 0.6) is 11.5 Å². The highest BCUT2D eigenvalue weighted by atomic mass is 16.6. The average molecular weight is 315 g/mol. The third kappa shape index (κ3) is 4.65. The topological polar surface area (TPSA) is 83.4 Å². The highest BCUT2D eigenvalue weighted by molar-refractivity contribution is 5.97. The predicted molar refractivity (Wildman–Crippen MR) is 85.9 cm³/mol. The number of carbonyl (C=O) groups excluding carboxylic acids is 1. The number of hydrogen-bond donors (Lipinski definition) is 2. The number of rotatable bonds is 6. The van der Waals surface area contributed by atoms with E-state index in [2.05, 4.69) is 10.6 Å². The molecular formula is C17H21N3O3. The standard InChI is InChI=1S/C17H21N3O3/c1-3-12(2)20-17(21)13(8-18)9-19-10-14-11-22-15-6-4-5-7-16(15)23-14/h4-7,9,12,14,19H,3,10-11H2,1-2H3,(H,20,21)/b13-9-. The molecule has 0 bridgehead atoms. The minimum Gasteiger partial charge on any atom is -0.486 e. The Morgan fingerprint density at radius 3 is 2.91 bits per heavy atom. The van der Waals surface area contributed by atoms with Crippen LogP contribution in [0.25, 0.3) is 0 Å². The van der Waals surface area contributed by atoms with Crippen molar-refractivity contribution < 1.29 is 14.3 Å². The molecule has 1 heterocycles. The van der Waals surface area contributed by atoms with Gasteiger partial charge < -0.3 is 20.1 Å². The van der Waals surface area contributed by atoms with Crippen LogP contribution in [0.15, 0.2) is 36.0 Å². The first kappa shape index (κ1) is 16.7. The third-order valence-electron chi connectivity index (χ3n) is 3.51. The monoisotopic (exact) mass is 315 g/mol. The summed E-state index contributed by atoms with van der Waals surface area (Å²) >= 11 is 0. The fraction of sp³-hybridized carbons (Fsp3) is 0.412. The number of nitrogens with one attached hydrogen (secondary N) is 2. The number of nitriles is 1. The highest BCUT2D eigenvalue weighted by Crippen LogP contribution is 2.30. The minimum absolute atomic E-state index is 0.0332. The maximum atomic E-state index is 11.9. The van der Waals surface area contributed by atoms with E-state index < -0.39 is 0 Å². The molecule has 1 aliphatic rings. The Morgan fingerprint density at radius 1 is 1.48 bits per heavy atom. The molecule has 6 heteroatoms. The van der Waals surface area contributed by atoms with Crippen LogP contribution in [0.1, 0.15) is 20.3 Å². The second-order valence-electron chi connectivity index (χ2n) is 5.36. The normalized spacial score (nSPS) is 17.8. The lowest BCUT2D eigenvalue weighted by Gasteiger charge is -2.26. The summed E-state index contributed by atoms with van der Waals surface area (Å²) < 4.78 is 11.4. The van der Waals surface area contributed by atoms with Gasteiger partial charge in [-0.25, -0.2) is 0 Å². The first-order chi connectivity index (χ1) is 11.1. The Balaban J connectivity index is 1.86. The summed E-state index contributed by atoms with van der Waals surface area (Å²) in [6.07, 6.45) is 2.05. The zero-order chi connectivity index (χ0) is 16.7. The van der Waals surface area contributed by atoms with Crippen LogP contribution < -0.4 is 20.1 Å². The van der Waals surface area contributed by atoms with E-state index in [-0.39, 0.29) is 23.6 Å². The van der Waals surface area contributed by atoms with Crippen molar-refractivity contribution >= 4 is 5.91 Å². The molecule has 0 saturated heterocycles. The second kappa shape index (κ2) is 8.08. The Bertz CT molecular complexity index is 622. The molecule has 1 amide bonds. The molecule has 0 spiro atoms. The molecular weight excluding hydrogens is 294 g/mol. The van der Waals surface area contributed by atoms with Gasteiger partial charge in [0.15, 0.2) is 11.5 Å². The van der Waals surface area contributed by atoms with E-state index in [0.717, 1.165) is 12.2 Å². The van der Waals surface area contributed by atoms with E-state index in [9.17, 15) is 4.79 Å². The second-order valence-corrected chi connectivity index (χ2v) is 5.36. The van der Waals surface area contributed by atoms with Crippen molar-refractivity contribution in [3.8, 4) is 17.6 Å². The summed E-state index contributed by atoms with van der Waals surface area (Å²) in [6.45, 7) is 4.72. The van der Waals surface area contributed by atoms with Crippen molar-refractivity contribution in [1.82, 2.24) is 10.6 Å². The van der Waals surface area contributed by atoms with Crippen molar-refractivity contribution in [3.05, 3.63) is 36.0 Å². The number of ether oxygens (including phenoxy) is 2. The fourth-order valence-electron chi connectivity index (χ4n) is 2.01. The average Bonchev–Trinajstić information content (AvgIpc) is 2.58. The lowest BCUT2D eigenvalue weighted by Crippen LogP contribution is -2.37. The lowest BCUT2D eigenvalue weighted by atomic mass is 10.2. The summed E-state index contributed by atoms with van der Waals surface area (Å²) in [5.41, 5.74) is 0.0439.